The van der Waals surface area contributed by atoms with Gasteiger partial charge in [-0.1, -0.05) is 12.8 Å². The summed E-state index contributed by atoms with van der Waals surface area (Å²) < 4.78 is 54.6. The number of aromatic hydroxyl groups is 1. The van der Waals surface area contributed by atoms with Gasteiger partial charge in [0.1, 0.15) is 5.82 Å². The Morgan fingerprint density at radius 3 is 2.43 bits per heavy atom. The number of rotatable bonds is 3. The summed E-state index contributed by atoms with van der Waals surface area (Å²) in [7, 11) is 0. The molecule has 1 aromatic heterocycles. The van der Waals surface area contributed by atoms with Crippen LogP contribution in [0.1, 0.15) is 36.8 Å². The standard InChI is InChI=1S/C22H21F4N3O/c23-14-5-7-16-17(21(30)28-19(16)11-14)13-27-15-6-8-20(18(12-15)22(24,25)26)29-9-3-1-2-4-10-29/h5-8,11-13,28,30H,1-4,9-10H2. The first-order chi connectivity index (χ1) is 14.3. The monoisotopic (exact) mass is 419 g/mol. The van der Waals surface area contributed by atoms with Crippen molar-refractivity contribution in [2.75, 3.05) is 18.0 Å². The third-order valence-corrected chi connectivity index (χ3v) is 5.35. The summed E-state index contributed by atoms with van der Waals surface area (Å²) in [6.45, 7) is 1.21. The molecule has 0 atom stereocenters. The Morgan fingerprint density at radius 1 is 1.00 bits per heavy atom. The van der Waals surface area contributed by atoms with Gasteiger partial charge in [-0.05, 0) is 49.2 Å². The third-order valence-electron chi connectivity index (χ3n) is 5.35. The lowest BCUT2D eigenvalue weighted by molar-refractivity contribution is -0.137. The van der Waals surface area contributed by atoms with Crippen LogP contribution in [0.2, 0.25) is 0 Å². The second-order valence-corrected chi connectivity index (χ2v) is 7.44. The van der Waals surface area contributed by atoms with Crippen molar-refractivity contribution < 1.29 is 22.7 Å². The molecule has 1 fully saturated rings. The van der Waals surface area contributed by atoms with Crippen molar-refractivity contribution >= 4 is 28.5 Å². The number of benzene rings is 2. The van der Waals surface area contributed by atoms with Crippen molar-refractivity contribution in [1.29, 1.82) is 0 Å². The van der Waals surface area contributed by atoms with Gasteiger partial charge >= 0.3 is 6.18 Å². The Morgan fingerprint density at radius 2 is 1.73 bits per heavy atom. The Bertz CT molecular complexity index is 1080. The second-order valence-electron chi connectivity index (χ2n) is 7.44. The molecule has 0 radical (unpaired) electrons. The number of anilines is 1. The molecule has 3 aromatic rings. The SMILES string of the molecule is Oc1[nH]c2cc(F)ccc2c1C=Nc1ccc(N2CCCCCC2)c(C(F)(F)F)c1. The van der Waals surface area contributed by atoms with E-state index in [0.29, 0.717) is 24.0 Å². The number of hydrogen-bond donors (Lipinski definition) is 2. The number of nitrogens with zero attached hydrogens (tertiary/aromatic N) is 2. The maximum Gasteiger partial charge on any atom is 0.418 e. The topological polar surface area (TPSA) is 51.6 Å². The Balaban J connectivity index is 1.69. The molecule has 0 unspecified atom stereocenters. The van der Waals surface area contributed by atoms with E-state index < -0.39 is 17.6 Å². The molecule has 0 aliphatic carbocycles. The van der Waals surface area contributed by atoms with Gasteiger partial charge in [0.15, 0.2) is 5.88 Å². The highest BCUT2D eigenvalue weighted by molar-refractivity contribution is 6.02. The van der Waals surface area contributed by atoms with E-state index in [1.165, 1.54) is 36.5 Å². The van der Waals surface area contributed by atoms with Crippen LogP contribution in [-0.4, -0.2) is 29.4 Å². The first-order valence-corrected chi connectivity index (χ1v) is 9.83. The molecule has 1 aliphatic heterocycles. The van der Waals surface area contributed by atoms with Crippen LogP contribution >= 0.6 is 0 Å². The van der Waals surface area contributed by atoms with E-state index in [1.807, 2.05) is 0 Å². The average molecular weight is 419 g/mol. The van der Waals surface area contributed by atoms with Gasteiger partial charge < -0.3 is 15.0 Å². The molecule has 8 heteroatoms. The molecule has 2 N–H and O–H groups in total. The average Bonchev–Trinajstić information content (AvgIpc) is 2.86. The zero-order valence-electron chi connectivity index (χ0n) is 16.1. The van der Waals surface area contributed by atoms with E-state index in [4.69, 9.17) is 0 Å². The maximum atomic E-state index is 13.7. The quantitative estimate of drug-likeness (QED) is 0.394. The number of H-pyrrole nitrogens is 1. The summed E-state index contributed by atoms with van der Waals surface area (Å²) in [5.41, 5.74) is 0.242. The largest absolute Gasteiger partial charge is 0.494 e. The fraction of sp³-hybridized carbons (Fsp3) is 0.318. The molecule has 4 nitrogen and oxygen atoms in total. The number of aliphatic imine (C=N–C) groups is 1. The lowest BCUT2D eigenvalue weighted by atomic mass is 10.1. The van der Waals surface area contributed by atoms with Gasteiger partial charge in [0, 0.05) is 30.4 Å². The van der Waals surface area contributed by atoms with Crippen molar-refractivity contribution in [3.05, 3.63) is 53.3 Å². The van der Waals surface area contributed by atoms with E-state index in [1.54, 1.807) is 4.90 Å². The van der Waals surface area contributed by atoms with Crippen molar-refractivity contribution in [1.82, 2.24) is 4.98 Å². The number of hydrogen-bond acceptors (Lipinski definition) is 3. The number of aromatic nitrogens is 1. The fourth-order valence-electron chi connectivity index (χ4n) is 3.87. The number of alkyl halides is 3. The van der Waals surface area contributed by atoms with Crippen LogP contribution in [0.25, 0.3) is 10.9 Å². The second kappa shape index (κ2) is 8.01. The highest BCUT2D eigenvalue weighted by atomic mass is 19.4. The van der Waals surface area contributed by atoms with Crippen molar-refractivity contribution in [3.63, 3.8) is 0 Å². The summed E-state index contributed by atoms with van der Waals surface area (Å²) in [4.78, 5) is 8.57. The molecule has 2 aromatic carbocycles. The first-order valence-electron chi connectivity index (χ1n) is 9.83. The number of fused-ring (bicyclic) bond motifs is 1. The number of aromatic amines is 1. The number of nitrogens with one attached hydrogen (secondary N) is 1. The highest BCUT2D eigenvalue weighted by Crippen LogP contribution is 2.39. The normalized spacial score (nSPS) is 15.8. The first kappa shape index (κ1) is 20.3. The Hall–Kier alpha value is -3.03. The van der Waals surface area contributed by atoms with Crippen LogP contribution in [0.15, 0.2) is 41.4 Å². The van der Waals surface area contributed by atoms with Gasteiger partial charge in [-0.2, -0.15) is 13.2 Å². The minimum absolute atomic E-state index is 0.122. The van der Waals surface area contributed by atoms with Crippen molar-refractivity contribution in [2.24, 2.45) is 4.99 Å². The molecular formula is C22H21F4N3O. The van der Waals surface area contributed by atoms with E-state index in [9.17, 15) is 22.7 Å². The van der Waals surface area contributed by atoms with Gasteiger partial charge in [-0.15, -0.1) is 0 Å². The summed E-state index contributed by atoms with van der Waals surface area (Å²) in [6, 6.07) is 7.98. The molecule has 0 spiro atoms. The summed E-state index contributed by atoms with van der Waals surface area (Å²) >= 11 is 0. The lowest BCUT2D eigenvalue weighted by Crippen LogP contribution is -2.26. The molecule has 0 bridgehead atoms. The van der Waals surface area contributed by atoms with Crippen LogP contribution in [0.3, 0.4) is 0 Å². The van der Waals surface area contributed by atoms with E-state index in [2.05, 4.69) is 9.98 Å². The third kappa shape index (κ3) is 4.13. The summed E-state index contributed by atoms with van der Waals surface area (Å²) in [5.74, 6) is -0.692. The molecule has 2 heterocycles. The smallest absolute Gasteiger partial charge is 0.418 e. The van der Waals surface area contributed by atoms with E-state index in [-0.39, 0.29) is 22.8 Å². The highest BCUT2D eigenvalue weighted by Gasteiger charge is 2.35. The molecule has 0 saturated carbocycles. The maximum absolute atomic E-state index is 13.7. The molecule has 0 amide bonds. The van der Waals surface area contributed by atoms with E-state index >= 15 is 0 Å². The van der Waals surface area contributed by atoms with E-state index in [0.717, 1.165) is 31.7 Å². The molecule has 30 heavy (non-hydrogen) atoms. The zero-order chi connectivity index (χ0) is 21.3. The van der Waals surface area contributed by atoms with Crippen LogP contribution in [0.4, 0.5) is 28.9 Å². The fourth-order valence-corrected chi connectivity index (χ4v) is 3.87. The Kier molecular flexibility index (Phi) is 5.40. The summed E-state index contributed by atoms with van der Waals surface area (Å²) in [6.07, 6.45) is 0.576. The molecule has 4 rings (SSSR count). The zero-order valence-corrected chi connectivity index (χ0v) is 16.1. The van der Waals surface area contributed by atoms with Crippen LogP contribution in [0, 0.1) is 5.82 Å². The molecule has 1 saturated heterocycles. The predicted molar refractivity (Wildman–Crippen MR) is 109 cm³/mol. The molecule has 1 aliphatic rings. The lowest BCUT2D eigenvalue weighted by Gasteiger charge is -2.26. The van der Waals surface area contributed by atoms with Crippen molar-refractivity contribution in [3.8, 4) is 5.88 Å². The number of halogens is 4. The molecule has 158 valence electrons. The van der Waals surface area contributed by atoms with Crippen LogP contribution < -0.4 is 4.90 Å². The van der Waals surface area contributed by atoms with Gasteiger partial charge in [-0.3, -0.25) is 4.99 Å². The van der Waals surface area contributed by atoms with Gasteiger partial charge in [0.2, 0.25) is 0 Å². The predicted octanol–water partition coefficient (Wildman–Crippen LogP) is 6.16. The van der Waals surface area contributed by atoms with Crippen molar-refractivity contribution in [2.45, 2.75) is 31.9 Å². The molecular weight excluding hydrogens is 398 g/mol. The summed E-state index contributed by atoms with van der Waals surface area (Å²) in [5, 5.41) is 10.6. The van der Waals surface area contributed by atoms with Gasteiger partial charge in [0.25, 0.3) is 0 Å². The van der Waals surface area contributed by atoms with Gasteiger partial charge in [0.05, 0.1) is 22.3 Å². The Labute approximate surface area is 170 Å². The van der Waals surface area contributed by atoms with Gasteiger partial charge in [-0.25, -0.2) is 4.39 Å². The minimum Gasteiger partial charge on any atom is -0.494 e. The van der Waals surface area contributed by atoms with Crippen LogP contribution in [0.5, 0.6) is 5.88 Å². The minimum atomic E-state index is -4.51. The van der Waals surface area contributed by atoms with Crippen LogP contribution in [-0.2, 0) is 6.18 Å².